The largest absolute Gasteiger partial charge is 0.497 e. The number of alkyl halides is 2. The summed E-state index contributed by atoms with van der Waals surface area (Å²) in [6.07, 6.45) is 1.60. The van der Waals surface area contributed by atoms with Gasteiger partial charge in [-0.05, 0) is 36.2 Å². The van der Waals surface area contributed by atoms with Gasteiger partial charge in [0, 0.05) is 18.9 Å². The topological polar surface area (TPSA) is 27.1 Å². The van der Waals surface area contributed by atoms with Crippen molar-refractivity contribution in [2.24, 2.45) is 5.92 Å². The number of ether oxygens (including phenoxy) is 1. The van der Waals surface area contributed by atoms with Gasteiger partial charge in [-0.15, -0.1) is 23.2 Å². The number of benzene rings is 2. The van der Waals surface area contributed by atoms with E-state index >= 15 is 0 Å². The number of hydrogen-bond donors (Lipinski definition) is 0. The van der Waals surface area contributed by atoms with E-state index in [1.165, 1.54) is 5.56 Å². The highest BCUT2D eigenvalue weighted by molar-refractivity contribution is 6.50. The first-order valence-corrected chi connectivity index (χ1v) is 8.77. The van der Waals surface area contributed by atoms with Crippen molar-refractivity contribution in [2.45, 2.75) is 23.7 Å². The summed E-state index contributed by atoms with van der Waals surface area (Å²) in [6, 6.07) is 16.3. The first-order chi connectivity index (χ1) is 11.6. The third kappa shape index (κ3) is 2.99. The Kier molecular flexibility index (Phi) is 3.93. The molecule has 1 heterocycles. The van der Waals surface area contributed by atoms with Crippen LogP contribution in [-0.4, -0.2) is 21.0 Å². The summed E-state index contributed by atoms with van der Waals surface area (Å²) in [5, 5.41) is 0. The lowest BCUT2D eigenvalue weighted by molar-refractivity contribution is 0.414. The molecular weight excluding hydrogens is 343 g/mol. The lowest BCUT2D eigenvalue weighted by Crippen LogP contribution is -2.08. The standard InChI is InChI=1S/C19H18Cl2N2O/c1-24-15-8-6-13(7-9-15)10-18-22-16-4-2-3-5-17(16)23(18)12-14-11-19(14,20)21/h2-9,14H,10-12H2,1H3. The molecule has 3 nitrogen and oxygen atoms in total. The normalized spacial score (nSPS) is 18.7. The molecule has 4 rings (SSSR count). The molecular formula is C19H18Cl2N2O. The molecule has 0 N–H and O–H groups in total. The minimum Gasteiger partial charge on any atom is -0.497 e. The van der Waals surface area contributed by atoms with Gasteiger partial charge < -0.3 is 9.30 Å². The van der Waals surface area contributed by atoms with Crippen LogP contribution in [0.1, 0.15) is 17.8 Å². The molecule has 0 radical (unpaired) electrons. The Labute approximate surface area is 151 Å². The number of halogens is 2. The van der Waals surface area contributed by atoms with Crippen LogP contribution in [0, 0.1) is 5.92 Å². The van der Waals surface area contributed by atoms with Crippen LogP contribution in [-0.2, 0) is 13.0 Å². The van der Waals surface area contributed by atoms with Crippen LogP contribution in [0.4, 0.5) is 0 Å². The molecule has 0 aliphatic heterocycles. The molecule has 3 aromatic rings. The van der Waals surface area contributed by atoms with Gasteiger partial charge in [0.15, 0.2) is 0 Å². The van der Waals surface area contributed by atoms with Crippen LogP contribution in [0.3, 0.4) is 0 Å². The summed E-state index contributed by atoms with van der Waals surface area (Å²) in [4.78, 5) is 4.82. The fourth-order valence-electron chi connectivity index (χ4n) is 3.08. The second kappa shape index (κ2) is 5.98. The summed E-state index contributed by atoms with van der Waals surface area (Å²) in [6.45, 7) is 0.805. The average Bonchev–Trinajstić information content (AvgIpc) is 3.04. The van der Waals surface area contributed by atoms with Crippen molar-refractivity contribution in [3.8, 4) is 5.75 Å². The average molecular weight is 361 g/mol. The van der Waals surface area contributed by atoms with Crippen molar-refractivity contribution < 1.29 is 4.74 Å². The third-order valence-corrected chi connectivity index (χ3v) is 5.54. The number of hydrogen-bond acceptors (Lipinski definition) is 2. The molecule has 5 heteroatoms. The van der Waals surface area contributed by atoms with Crippen LogP contribution in [0.25, 0.3) is 11.0 Å². The van der Waals surface area contributed by atoms with Gasteiger partial charge in [0.2, 0.25) is 0 Å². The minimum absolute atomic E-state index is 0.285. The van der Waals surface area contributed by atoms with E-state index < -0.39 is 4.33 Å². The summed E-state index contributed by atoms with van der Waals surface area (Å²) in [5.74, 6) is 2.18. The van der Waals surface area contributed by atoms with E-state index in [9.17, 15) is 0 Å². The minimum atomic E-state index is -0.581. The van der Waals surface area contributed by atoms with E-state index in [0.717, 1.165) is 42.0 Å². The highest BCUT2D eigenvalue weighted by Crippen LogP contribution is 2.54. The van der Waals surface area contributed by atoms with Gasteiger partial charge in [0.05, 0.1) is 18.1 Å². The van der Waals surface area contributed by atoms with Crippen LogP contribution in [0.15, 0.2) is 48.5 Å². The molecule has 2 aromatic carbocycles. The smallest absolute Gasteiger partial charge is 0.123 e. The highest BCUT2D eigenvalue weighted by Gasteiger charge is 2.51. The van der Waals surface area contributed by atoms with Crippen molar-refractivity contribution >= 4 is 34.2 Å². The number of nitrogens with zero attached hydrogens (tertiary/aromatic N) is 2. The van der Waals surface area contributed by atoms with E-state index in [1.807, 2.05) is 30.3 Å². The lowest BCUT2D eigenvalue weighted by atomic mass is 10.1. The molecule has 124 valence electrons. The molecule has 1 fully saturated rings. The molecule has 24 heavy (non-hydrogen) atoms. The first-order valence-electron chi connectivity index (χ1n) is 8.02. The Morgan fingerprint density at radius 1 is 1.17 bits per heavy atom. The summed E-state index contributed by atoms with van der Waals surface area (Å²) in [7, 11) is 1.68. The first kappa shape index (κ1) is 15.8. The van der Waals surface area contributed by atoms with Gasteiger partial charge in [-0.3, -0.25) is 0 Å². The lowest BCUT2D eigenvalue weighted by Gasteiger charge is -2.10. The van der Waals surface area contributed by atoms with Gasteiger partial charge in [-0.1, -0.05) is 24.3 Å². The van der Waals surface area contributed by atoms with Crippen LogP contribution >= 0.6 is 23.2 Å². The zero-order valence-electron chi connectivity index (χ0n) is 13.4. The van der Waals surface area contributed by atoms with Gasteiger partial charge in [-0.2, -0.15) is 0 Å². The van der Waals surface area contributed by atoms with Crippen LogP contribution < -0.4 is 4.74 Å². The van der Waals surface area contributed by atoms with E-state index in [4.69, 9.17) is 32.9 Å². The second-order valence-corrected chi connectivity index (χ2v) is 7.86. The van der Waals surface area contributed by atoms with Crippen molar-refractivity contribution in [1.29, 1.82) is 0 Å². The Hall–Kier alpha value is -1.71. The molecule has 1 aliphatic rings. The highest BCUT2D eigenvalue weighted by atomic mass is 35.5. The maximum Gasteiger partial charge on any atom is 0.123 e. The number of rotatable bonds is 5. The Balaban J connectivity index is 1.68. The molecule has 1 aromatic heterocycles. The maximum atomic E-state index is 6.24. The summed E-state index contributed by atoms with van der Waals surface area (Å²) >= 11 is 12.5. The van der Waals surface area contributed by atoms with Crippen molar-refractivity contribution in [3.63, 3.8) is 0 Å². The zero-order chi connectivity index (χ0) is 16.7. The molecule has 0 spiro atoms. The molecule has 0 saturated heterocycles. The number of methoxy groups -OCH3 is 1. The van der Waals surface area contributed by atoms with Crippen molar-refractivity contribution in [3.05, 3.63) is 59.9 Å². The molecule has 0 bridgehead atoms. The Morgan fingerprint density at radius 2 is 1.88 bits per heavy atom. The van der Waals surface area contributed by atoms with Crippen molar-refractivity contribution in [1.82, 2.24) is 9.55 Å². The second-order valence-electron chi connectivity index (χ2n) is 6.31. The van der Waals surface area contributed by atoms with Gasteiger partial charge in [-0.25, -0.2) is 4.98 Å². The fourth-order valence-corrected chi connectivity index (χ4v) is 3.59. The number of fused-ring (bicyclic) bond motifs is 1. The van der Waals surface area contributed by atoms with E-state index in [1.54, 1.807) is 7.11 Å². The van der Waals surface area contributed by atoms with E-state index in [2.05, 4.69) is 22.8 Å². The molecule has 1 aliphatic carbocycles. The number of aromatic nitrogens is 2. The number of imidazole rings is 1. The quantitative estimate of drug-likeness (QED) is 0.609. The van der Waals surface area contributed by atoms with E-state index in [-0.39, 0.29) is 5.92 Å². The monoisotopic (exact) mass is 360 g/mol. The Bertz CT molecular complexity index is 871. The SMILES string of the molecule is COc1ccc(Cc2nc3ccccc3n2CC2CC2(Cl)Cl)cc1. The van der Waals surface area contributed by atoms with Gasteiger partial charge in [0.1, 0.15) is 15.9 Å². The van der Waals surface area contributed by atoms with Gasteiger partial charge >= 0.3 is 0 Å². The third-order valence-electron chi connectivity index (χ3n) is 4.61. The molecule has 1 atom stereocenters. The predicted octanol–water partition coefficient (Wildman–Crippen LogP) is 4.83. The number of para-hydroxylation sites is 2. The fraction of sp³-hybridized carbons (Fsp3) is 0.316. The van der Waals surface area contributed by atoms with Gasteiger partial charge in [0.25, 0.3) is 0 Å². The van der Waals surface area contributed by atoms with Crippen molar-refractivity contribution in [2.75, 3.05) is 7.11 Å². The molecule has 0 amide bonds. The zero-order valence-corrected chi connectivity index (χ0v) is 14.9. The van der Waals surface area contributed by atoms with E-state index in [0.29, 0.717) is 0 Å². The predicted molar refractivity (Wildman–Crippen MR) is 98.1 cm³/mol. The summed E-state index contributed by atoms with van der Waals surface area (Å²) in [5.41, 5.74) is 3.35. The van der Waals surface area contributed by atoms with Crippen LogP contribution in [0.2, 0.25) is 0 Å². The Morgan fingerprint density at radius 3 is 2.54 bits per heavy atom. The maximum absolute atomic E-state index is 6.24. The van der Waals surface area contributed by atoms with Crippen LogP contribution in [0.5, 0.6) is 5.75 Å². The molecule has 1 saturated carbocycles. The summed E-state index contributed by atoms with van der Waals surface area (Å²) < 4.78 is 6.90. The molecule has 1 unspecified atom stereocenters.